The standard InChI is InChI=1S/C20H21Br2Cl2NO2/c1-19(2)15(17(21)20(22,23)24)16(19)18(26)27-12-25-9-8-14(11-25)10-13-6-4-3-5-7-13/h3-9,11,15-17H,10,12H2,1-2H3. The van der Waals surface area contributed by atoms with E-state index in [1.165, 1.54) is 11.1 Å². The van der Waals surface area contributed by atoms with Crippen LogP contribution in [0.2, 0.25) is 0 Å². The Morgan fingerprint density at radius 2 is 1.93 bits per heavy atom. The highest BCUT2D eigenvalue weighted by molar-refractivity contribution is 9.13. The van der Waals surface area contributed by atoms with Crippen LogP contribution >= 0.6 is 55.1 Å². The first-order valence-electron chi connectivity index (χ1n) is 8.66. The lowest BCUT2D eigenvalue weighted by molar-refractivity contribution is -0.150. The second-order valence-corrected chi connectivity index (χ2v) is 12.1. The van der Waals surface area contributed by atoms with Crippen molar-refractivity contribution >= 4 is 61.0 Å². The van der Waals surface area contributed by atoms with E-state index >= 15 is 0 Å². The van der Waals surface area contributed by atoms with Crippen molar-refractivity contribution in [2.75, 3.05) is 0 Å². The largest absolute Gasteiger partial charge is 0.444 e. The van der Waals surface area contributed by atoms with Crippen LogP contribution in [0.5, 0.6) is 0 Å². The summed E-state index contributed by atoms with van der Waals surface area (Å²) < 4.78 is 6.30. The number of carbonyl (C=O) groups is 1. The van der Waals surface area contributed by atoms with Crippen LogP contribution in [-0.2, 0) is 22.7 Å². The topological polar surface area (TPSA) is 31.2 Å². The summed E-state index contributed by atoms with van der Waals surface area (Å²) in [6.07, 6.45) is 4.78. The fraction of sp³-hybridized carbons (Fsp3) is 0.450. The van der Waals surface area contributed by atoms with E-state index in [0.29, 0.717) is 0 Å². The number of hydrogen-bond acceptors (Lipinski definition) is 2. The molecule has 27 heavy (non-hydrogen) atoms. The van der Waals surface area contributed by atoms with Crippen molar-refractivity contribution in [2.45, 2.75) is 35.1 Å². The van der Waals surface area contributed by atoms with Gasteiger partial charge in [-0.1, -0.05) is 83.3 Å². The van der Waals surface area contributed by atoms with Gasteiger partial charge in [0.15, 0.2) is 9.97 Å². The number of esters is 1. The van der Waals surface area contributed by atoms with E-state index in [-0.39, 0.29) is 34.8 Å². The molecule has 0 N–H and O–H groups in total. The van der Waals surface area contributed by atoms with Crippen molar-refractivity contribution in [3.63, 3.8) is 0 Å². The molecule has 7 heteroatoms. The predicted molar refractivity (Wildman–Crippen MR) is 117 cm³/mol. The molecular weight excluding hydrogens is 517 g/mol. The molecule has 1 fully saturated rings. The van der Waals surface area contributed by atoms with Crippen molar-refractivity contribution in [1.82, 2.24) is 4.57 Å². The Bertz CT molecular complexity index is 802. The minimum absolute atomic E-state index is 0.00215. The van der Waals surface area contributed by atoms with Crippen molar-refractivity contribution in [1.29, 1.82) is 0 Å². The van der Waals surface area contributed by atoms with Gasteiger partial charge >= 0.3 is 5.97 Å². The van der Waals surface area contributed by atoms with Crippen LogP contribution in [0.4, 0.5) is 0 Å². The summed E-state index contributed by atoms with van der Waals surface area (Å²) in [4.78, 5) is 12.3. The second kappa shape index (κ2) is 8.10. The highest BCUT2D eigenvalue weighted by Gasteiger charge is 2.67. The Morgan fingerprint density at radius 1 is 1.26 bits per heavy atom. The molecule has 0 amide bonds. The Labute approximate surface area is 186 Å². The fourth-order valence-corrected chi connectivity index (χ4v) is 5.16. The molecule has 1 aromatic carbocycles. The van der Waals surface area contributed by atoms with Crippen LogP contribution in [-0.4, -0.2) is 18.6 Å². The normalized spacial score (nSPS) is 22.3. The zero-order valence-electron chi connectivity index (χ0n) is 15.0. The lowest BCUT2D eigenvalue weighted by Crippen LogP contribution is -2.23. The maximum atomic E-state index is 12.6. The molecule has 1 saturated carbocycles. The lowest BCUT2D eigenvalue weighted by atomic mass is 10.1. The fourth-order valence-electron chi connectivity index (χ4n) is 3.61. The van der Waals surface area contributed by atoms with Crippen LogP contribution < -0.4 is 0 Å². The van der Waals surface area contributed by atoms with Crippen molar-refractivity contribution in [3.8, 4) is 0 Å². The molecule has 1 aromatic heterocycles. The summed E-state index contributed by atoms with van der Waals surface area (Å²) in [6, 6.07) is 12.3. The van der Waals surface area contributed by atoms with E-state index in [1.54, 1.807) is 0 Å². The molecule has 3 rings (SSSR count). The number of alkyl halides is 4. The number of carbonyl (C=O) groups excluding carboxylic acids is 1. The number of ether oxygens (including phenoxy) is 1. The van der Waals surface area contributed by atoms with Crippen LogP contribution in [0.1, 0.15) is 25.0 Å². The van der Waals surface area contributed by atoms with Crippen molar-refractivity contribution in [3.05, 3.63) is 59.9 Å². The van der Waals surface area contributed by atoms with Gasteiger partial charge in [0.1, 0.15) is 0 Å². The molecule has 1 heterocycles. The number of aromatic nitrogens is 1. The van der Waals surface area contributed by atoms with E-state index in [9.17, 15) is 4.79 Å². The molecule has 3 nitrogen and oxygen atoms in total. The molecular formula is C20H21Br2Cl2NO2. The Kier molecular flexibility index (Phi) is 6.36. The van der Waals surface area contributed by atoms with Crippen molar-refractivity contribution in [2.24, 2.45) is 17.3 Å². The zero-order chi connectivity index (χ0) is 19.8. The van der Waals surface area contributed by atoms with E-state index in [0.717, 1.165) is 6.42 Å². The number of rotatable bonds is 7. The van der Waals surface area contributed by atoms with Gasteiger partial charge in [-0.2, -0.15) is 0 Å². The summed E-state index contributed by atoms with van der Waals surface area (Å²) in [7, 11) is 0. The minimum Gasteiger partial charge on any atom is -0.444 e. The van der Waals surface area contributed by atoms with Gasteiger partial charge in [0.25, 0.3) is 0 Å². The maximum absolute atomic E-state index is 12.6. The van der Waals surface area contributed by atoms with Crippen LogP contribution in [0.25, 0.3) is 0 Å². The molecule has 146 valence electrons. The molecule has 0 bridgehead atoms. The number of hydrogen-bond donors (Lipinski definition) is 0. The first kappa shape index (κ1) is 21.2. The minimum atomic E-state index is -1.13. The zero-order valence-corrected chi connectivity index (χ0v) is 19.7. The van der Waals surface area contributed by atoms with E-state index in [1.807, 2.05) is 55.1 Å². The monoisotopic (exact) mass is 535 g/mol. The van der Waals surface area contributed by atoms with Gasteiger partial charge in [-0.05, 0) is 50.9 Å². The van der Waals surface area contributed by atoms with Crippen LogP contribution in [0.15, 0.2) is 48.8 Å². The Hall–Kier alpha value is -0.490. The van der Waals surface area contributed by atoms with Gasteiger partial charge in [-0.3, -0.25) is 4.79 Å². The summed E-state index contributed by atoms with van der Waals surface area (Å²) in [5.74, 6) is -0.467. The molecule has 0 saturated heterocycles. The lowest BCUT2D eigenvalue weighted by Gasteiger charge is -2.20. The molecule has 0 radical (unpaired) electrons. The average molecular weight is 538 g/mol. The van der Waals surface area contributed by atoms with Gasteiger partial charge in [-0.15, -0.1) is 0 Å². The third-order valence-electron chi connectivity index (χ3n) is 5.21. The third kappa shape index (κ3) is 4.92. The van der Waals surface area contributed by atoms with Gasteiger partial charge < -0.3 is 9.30 Å². The van der Waals surface area contributed by atoms with E-state index < -0.39 is 3.24 Å². The van der Waals surface area contributed by atoms with Crippen LogP contribution in [0.3, 0.4) is 0 Å². The first-order valence-corrected chi connectivity index (χ1v) is 11.1. The smallest absolute Gasteiger partial charge is 0.311 e. The highest BCUT2D eigenvalue weighted by atomic mass is 79.9. The van der Waals surface area contributed by atoms with E-state index in [4.69, 9.17) is 27.9 Å². The van der Waals surface area contributed by atoms with Crippen molar-refractivity contribution < 1.29 is 9.53 Å². The first-order chi connectivity index (χ1) is 12.6. The molecule has 1 aliphatic rings. The molecule has 1 aliphatic carbocycles. The van der Waals surface area contributed by atoms with Gasteiger partial charge in [0, 0.05) is 12.4 Å². The third-order valence-corrected chi connectivity index (χ3v) is 8.57. The van der Waals surface area contributed by atoms with Gasteiger partial charge in [0.2, 0.25) is 0 Å². The van der Waals surface area contributed by atoms with Gasteiger partial charge in [-0.25, -0.2) is 0 Å². The summed E-state index contributed by atoms with van der Waals surface area (Å²) in [5, 5.41) is 0. The molecule has 2 aromatic rings. The molecule has 0 aliphatic heterocycles. The highest BCUT2D eigenvalue weighted by Crippen LogP contribution is 2.65. The number of halogens is 4. The molecule has 3 unspecified atom stereocenters. The quantitative estimate of drug-likeness (QED) is 0.314. The second-order valence-electron chi connectivity index (χ2n) is 7.56. The van der Waals surface area contributed by atoms with E-state index in [2.05, 4.69) is 44.0 Å². The number of benzene rings is 1. The summed E-state index contributed by atoms with van der Waals surface area (Å²) in [5.41, 5.74) is 2.21. The Balaban J connectivity index is 1.56. The molecule has 3 atom stereocenters. The van der Waals surface area contributed by atoms with Gasteiger partial charge in [0.05, 0.1) is 10.7 Å². The average Bonchev–Trinajstić information content (AvgIpc) is 2.93. The predicted octanol–water partition coefficient (Wildman–Crippen LogP) is 6.14. The summed E-state index contributed by atoms with van der Waals surface area (Å²) in [6.45, 7) is 4.25. The number of nitrogens with zero attached hydrogens (tertiary/aromatic N) is 1. The Morgan fingerprint density at radius 3 is 2.56 bits per heavy atom. The SMILES string of the molecule is CC1(C)C(C(=O)OCn2ccc(Cc3ccccc3)c2)C1C(Br)C(Cl)(Cl)Br. The maximum Gasteiger partial charge on any atom is 0.311 e. The summed E-state index contributed by atoms with van der Waals surface area (Å²) >= 11 is 19.0. The van der Waals surface area contributed by atoms with Crippen LogP contribution in [0, 0.1) is 17.3 Å². The molecule has 0 spiro atoms.